The summed E-state index contributed by atoms with van der Waals surface area (Å²) in [7, 11) is 3.05. The fraction of sp³-hybridized carbons (Fsp3) is 0.273. The lowest BCUT2D eigenvalue weighted by atomic mass is 10.00. The van der Waals surface area contributed by atoms with Crippen molar-refractivity contribution in [2.24, 2.45) is 0 Å². The summed E-state index contributed by atoms with van der Waals surface area (Å²) in [6.45, 7) is 0. The van der Waals surface area contributed by atoms with E-state index in [1.165, 1.54) is 26.4 Å². The van der Waals surface area contributed by atoms with Crippen molar-refractivity contribution in [1.29, 1.82) is 0 Å². The van der Waals surface area contributed by atoms with E-state index in [1.807, 2.05) is 0 Å². The molecule has 0 unspecified atom stereocenters. The molecule has 31 heavy (non-hydrogen) atoms. The third-order valence-electron chi connectivity index (χ3n) is 5.30. The molecular formula is C22H19F3N2O4. The first-order valence-electron chi connectivity index (χ1n) is 9.45. The number of halogens is 3. The van der Waals surface area contributed by atoms with E-state index in [9.17, 15) is 18.0 Å². The molecule has 1 aromatic heterocycles. The van der Waals surface area contributed by atoms with E-state index < -0.39 is 23.1 Å². The largest absolute Gasteiger partial charge is 0.493 e. The Morgan fingerprint density at radius 1 is 1.06 bits per heavy atom. The highest BCUT2D eigenvalue weighted by Gasteiger charge is 2.54. The molecule has 0 atom stereocenters. The molecule has 1 aliphatic carbocycles. The summed E-state index contributed by atoms with van der Waals surface area (Å²) in [4.78, 5) is 12.9. The lowest BCUT2D eigenvalue weighted by molar-refractivity contribution is -0.137. The third kappa shape index (κ3) is 3.95. The molecule has 0 radical (unpaired) electrons. The van der Waals surface area contributed by atoms with Crippen LogP contribution in [0.5, 0.6) is 11.5 Å². The first-order chi connectivity index (χ1) is 14.8. The number of hydrogen-bond donors (Lipinski definition) is 1. The van der Waals surface area contributed by atoms with Crippen molar-refractivity contribution in [2.75, 3.05) is 19.5 Å². The molecule has 0 aliphatic heterocycles. The van der Waals surface area contributed by atoms with Crippen LogP contribution in [0.4, 0.5) is 18.9 Å². The van der Waals surface area contributed by atoms with E-state index in [0.29, 0.717) is 41.4 Å². The SMILES string of the molecule is COc1ccc(-c2cc(C3(C(=O)Nc4cccc(C(F)(F)F)c4)CC3)no2)cc1OC. The molecule has 1 N–H and O–H groups in total. The van der Waals surface area contributed by atoms with Gasteiger partial charge in [-0.2, -0.15) is 13.2 Å². The highest BCUT2D eigenvalue weighted by atomic mass is 19.4. The van der Waals surface area contributed by atoms with Gasteiger partial charge in [-0.25, -0.2) is 0 Å². The Bertz CT molecular complexity index is 1120. The Hall–Kier alpha value is -3.49. The summed E-state index contributed by atoms with van der Waals surface area (Å²) in [5.74, 6) is 1.10. The number of ether oxygens (including phenoxy) is 2. The van der Waals surface area contributed by atoms with Crippen molar-refractivity contribution in [1.82, 2.24) is 5.16 Å². The number of alkyl halides is 3. The fourth-order valence-electron chi connectivity index (χ4n) is 3.37. The van der Waals surface area contributed by atoms with Crippen molar-refractivity contribution >= 4 is 11.6 Å². The molecule has 1 aliphatic rings. The van der Waals surface area contributed by atoms with Gasteiger partial charge in [0, 0.05) is 17.3 Å². The summed E-state index contributed by atoms with van der Waals surface area (Å²) in [5, 5.41) is 6.64. The average molecular weight is 432 g/mol. The Balaban J connectivity index is 1.56. The first-order valence-corrected chi connectivity index (χ1v) is 9.45. The summed E-state index contributed by atoms with van der Waals surface area (Å²) in [5.41, 5.74) is -0.554. The average Bonchev–Trinajstić information content (AvgIpc) is 3.42. The van der Waals surface area contributed by atoms with Gasteiger partial charge >= 0.3 is 6.18 Å². The van der Waals surface area contributed by atoms with Gasteiger partial charge in [0.1, 0.15) is 0 Å². The van der Waals surface area contributed by atoms with E-state index >= 15 is 0 Å². The van der Waals surface area contributed by atoms with Gasteiger partial charge < -0.3 is 19.3 Å². The van der Waals surface area contributed by atoms with Crippen LogP contribution in [0.25, 0.3) is 11.3 Å². The fourth-order valence-corrected chi connectivity index (χ4v) is 3.37. The van der Waals surface area contributed by atoms with Crippen molar-refractivity contribution in [2.45, 2.75) is 24.4 Å². The van der Waals surface area contributed by atoms with E-state index in [-0.39, 0.29) is 5.69 Å². The van der Waals surface area contributed by atoms with Crippen LogP contribution in [0.3, 0.4) is 0 Å². The van der Waals surface area contributed by atoms with E-state index in [4.69, 9.17) is 14.0 Å². The smallest absolute Gasteiger partial charge is 0.416 e. The van der Waals surface area contributed by atoms with Crippen LogP contribution < -0.4 is 14.8 Å². The zero-order valence-corrected chi connectivity index (χ0v) is 16.7. The molecule has 6 nitrogen and oxygen atoms in total. The summed E-state index contributed by atoms with van der Waals surface area (Å²) >= 11 is 0. The maximum absolute atomic E-state index is 12.9. The van der Waals surface area contributed by atoms with Gasteiger partial charge in [-0.1, -0.05) is 11.2 Å². The van der Waals surface area contributed by atoms with Gasteiger partial charge in [-0.05, 0) is 49.2 Å². The van der Waals surface area contributed by atoms with Gasteiger partial charge in [0.2, 0.25) is 5.91 Å². The van der Waals surface area contributed by atoms with Gasteiger partial charge in [0.25, 0.3) is 0 Å². The van der Waals surface area contributed by atoms with Gasteiger partial charge in [0.05, 0.1) is 30.9 Å². The number of anilines is 1. The topological polar surface area (TPSA) is 73.6 Å². The molecule has 3 aromatic rings. The Kier molecular flexibility index (Phi) is 5.12. The van der Waals surface area contributed by atoms with Crippen molar-refractivity contribution in [3.8, 4) is 22.8 Å². The summed E-state index contributed by atoms with van der Waals surface area (Å²) in [6.07, 6.45) is -3.44. The monoisotopic (exact) mass is 432 g/mol. The number of hydrogen-bond acceptors (Lipinski definition) is 5. The quantitative estimate of drug-likeness (QED) is 0.590. The second-order valence-corrected chi connectivity index (χ2v) is 7.26. The van der Waals surface area contributed by atoms with Crippen LogP contribution in [0, 0.1) is 0 Å². The molecule has 0 saturated heterocycles. The highest BCUT2D eigenvalue weighted by Crippen LogP contribution is 2.49. The van der Waals surface area contributed by atoms with E-state index in [1.54, 1.807) is 24.3 Å². The zero-order valence-electron chi connectivity index (χ0n) is 16.7. The number of aromatic nitrogens is 1. The molecule has 0 spiro atoms. The van der Waals surface area contributed by atoms with Gasteiger partial charge in [-0.3, -0.25) is 4.79 Å². The number of amides is 1. The molecule has 9 heteroatoms. The van der Waals surface area contributed by atoms with Crippen LogP contribution in [-0.4, -0.2) is 25.3 Å². The minimum Gasteiger partial charge on any atom is -0.493 e. The van der Waals surface area contributed by atoms with Crippen LogP contribution >= 0.6 is 0 Å². The molecule has 1 saturated carbocycles. The second-order valence-electron chi connectivity index (χ2n) is 7.26. The van der Waals surface area contributed by atoms with Crippen LogP contribution in [-0.2, 0) is 16.4 Å². The zero-order chi connectivity index (χ0) is 22.2. The molecule has 1 amide bonds. The van der Waals surface area contributed by atoms with Crippen molar-refractivity contribution in [3.05, 3.63) is 59.8 Å². The number of carbonyl (C=O) groups is 1. The minimum absolute atomic E-state index is 0.0784. The molecule has 0 bridgehead atoms. The molecule has 1 fully saturated rings. The number of rotatable bonds is 6. The van der Waals surface area contributed by atoms with Gasteiger partial charge in [-0.15, -0.1) is 0 Å². The predicted octanol–water partition coefficient (Wildman–Crippen LogP) is 5.05. The lowest BCUT2D eigenvalue weighted by Crippen LogP contribution is -2.28. The normalized spacial score (nSPS) is 14.7. The van der Waals surface area contributed by atoms with Gasteiger partial charge in [0.15, 0.2) is 17.3 Å². The summed E-state index contributed by atoms with van der Waals surface area (Å²) in [6, 6.07) is 11.4. The third-order valence-corrected chi connectivity index (χ3v) is 5.30. The van der Waals surface area contributed by atoms with Crippen LogP contribution in [0.15, 0.2) is 53.1 Å². The number of carbonyl (C=O) groups excluding carboxylic acids is 1. The molecule has 4 rings (SSSR count). The van der Waals surface area contributed by atoms with E-state index in [0.717, 1.165) is 12.1 Å². The second kappa shape index (κ2) is 7.64. The van der Waals surface area contributed by atoms with Crippen molar-refractivity contribution in [3.63, 3.8) is 0 Å². The summed E-state index contributed by atoms with van der Waals surface area (Å²) < 4.78 is 54.7. The minimum atomic E-state index is -4.49. The lowest BCUT2D eigenvalue weighted by Gasteiger charge is -2.14. The van der Waals surface area contributed by atoms with E-state index in [2.05, 4.69) is 10.5 Å². The van der Waals surface area contributed by atoms with Crippen LogP contribution in [0.1, 0.15) is 24.1 Å². The Labute approximate surface area is 175 Å². The highest BCUT2D eigenvalue weighted by molar-refractivity contribution is 6.01. The molecule has 162 valence electrons. The van der Waals surface area contributed by atoms with Crippen LogP contribution in [0.2, 0.25) is 0 Å². The Morgan fingerprint density at radius 3 is 2.45 bits per heavy atom. The number of benzene rings is 2. The standard InChI is InChI=1S/C22H19F3N2O4/c1-29-16-7-6-13(10-18(16)30-2)17-12-19(27-31-17)21(8-9-21)20(28)26-15-5-3-4-14(11-15)22(23,24)25/h3-7,10-12H,8-9H2,1-2H3,(H,26,28). The predicted molar refractivity (Wildman–Crippen MR) is 106 cm³/mol. The number of nitrogens with one attached hydrogen (secondary N) is 1. The molecule has 1 heterocycles. The molecular weight excluding hydrogens is 413 g/mol. The first kappa shape index (κ1) is 20.8. The maximum Gasteiger partial charge on any atom is 0.416 e. The number of nitrogens with zero attached hydrogens (tertiary/aromatic N) is 1. The number of methoxy groups -OCH3 is 2. The molecule has 2 aromatic carbocycles. The maximum atomic E-state index is 12.9. The Morgan fingerprint density at radius 2 is 1.81 bits per heavy atom. The van der Waals surface area contributed by atoms with Crippen molar-refractivity contribution < 1.29 is 32.0 Å².